The molecule has 0 unspecified atom stereocenters. The number of allylic oxidation sites excluding steroid dienone is 1. The summed E-state index contributed by atoms with van der Waals surface area (Å²) in [5.74, 6) is -1.35. The third-order valence-corrected chi connectivity index (χ3v) is 4.22. The van der Waals surface area contributed by atoms with Gasteiger partial charge in [-0.1, -0.05) is 70.2 Å². The van der Waals surface area contributed by atoms with Crippen LogP contribution < -0.4 is 16.3 Å². The Bertz CT molecular complexity index is 600. The molecular formula is C21H33N3O3. The summed E-state index contributed by atoms with van der Waals surface area (Å²) in [5.41, 5.74) is 8.37. The van der Waals surface area contributed by atoms with Gasteiger partial charge in [0.05, 0.1) is 11.8 Å². The van der Waals surface area contributed by atoms with E-state index in [9.17, 15) is 9.59 Å². The Kier molecular flexibility index (Phi) is 10.4. The molecule has 0 saturated heterocycles. The minimum absolute atomic E-state index is 0.230. The van der Waals surface area contributed by atoms with Crippen LogP contribution in [-0.2, 0) is 9.59 Å². The van der Waals surface area contributed by atoms with E-state index in [0.717, 1.165) is 5.56 Å². The summed E-state index contributed by atoms with van der Waals surface area (Å²) in [6, 6.07) is 9.74. The van der Waals surface area contributed by atoms with Crippen LogP contribution in [0.3, 0.4) is 0 Å². The monoisotopic (exact) mass is 375 g/mol. The van der Waals surface area contributed by atoms with Gasteiger partial charge in [-0.2, -0.15) is 0 Å². The van der Waals surface area contributed by atoms with Crippen LogP contribution in [0.5, 0.6) is 0 Å². The third-order valence-electron chi connectivity index (χ3n) is 4.22. The Balaban J connectivity index is 2.89. The molecule has 4 N–H and O–H groups in total. The van der Waals surface area contributed by atoms with E-state index in [0.29, 0.717) is 25.3 Å². The van der Waals surface area contributed by atoms with Crippen molar-refractivity contribution in [2.45, 2.75) is 40.5 Å². The fourth-order valence-corrected chi connectivity index (χ4v) is 2.85. The summed E-state index contributed by atoms with van der Waals surface area (Å²) in [4.78, 5) is 25.0. The molecule has 0 aromatic heterocycles. The molecule has 150 valence electrons. The average molecular weight is 376 g/mol. The molecule has 0 spiro atoms. The number of rotatable bonds is 11. The Morgan fingerprint density at radius 3 is 2.22 bits per heavy atom. The maximum atomic E-state index is 12.7. The van der Waals surface area contributed by atoms with Crippen LogP contribution in [-0.4, -0.2) is 23.6 Å². The number of hydrazine groups is 1. The van der Waals surface area contributed by atoms with Crippen LogP contribution in [0.25, 0.3) is 6.08 Å². The molecule has 0 fully saturated rings. The minimum atomic E-state index is -0.654. The first-order valence-electron chi connectivity index (χ1n) is 9.53. The summed E-state index contributed by atoms with van der Waals surface area (Å²) in [6.45, 7) is 8.75. The van der Waals surface area contributed by atoms with Gasteiger partial charge in [0.25, 0.3) is 0 Å². The van der Waals surface area contributed by atoms with Crippen molar-refractivity contribution in [2.24, 2.45) is 23.7 Å². The summed E-state index contributed by atoms with van der Waals surface area (Å²) in [5, 5.41) is 9.16. The summed E-state index contributed by atoms with van der Waals surface area (Å²) in [6.07, 6.45) is 4.69. The second kappa shape index (κ2) is 12.3. The molecule has 1 aromatic carbocycles. The van der Waals surface area contributed by atoms with E-state index >= 15 is 0 Å². The number of amides is 2. The van der Waals surface area contributed by atoms with E-state index < -0.39 is 17.7 Å². The smallest absolute Gasteiger partial charge is 0.247 e. The summed E-state index contributed by atoms with van der Waals surface area (Å²) in [7, 11) is 0. The fraction of sp³-hybridized carbons (Fsp3) is 0.524. The SMILES string of the molecule is CC(C)CNNC(=O)[C@H](CC(C)C)[C@H](CC=Cc1ccccc1)C(=O)NO. The van der Waals surface area contributed by atoms with Gasteiger partial charge in [0.1, 0.15) is 0 Å². The molecule has 0 bridgehead atoms. The zero-order valence-electron chi connectivity index (χ0n) is 16.7. The van der Waals surface area contributed by atoms with Crippen LogP contribution in [0, 0.1) is 23.7 Å². The van der Waals surface area contributed by atoms with Crippen molar-refractivity contribution in [1.29, 1.82) is 0 Å². The van der Waals surface area contributed by atoms with Gasteiger partial charge in [-0.05, 0) is 30.2 Å². The highest BCUT2D eigenvalue weighted by molar-refractivity contribution is 5.87. The number of hydroxylamine groups is 1. The van der Waals surface area contributed by atoms with E-state index in [2.05, 4.69) is 10.9 Å². The molecule has 0 aliphatic heterocycles. The lowest BCUT2D eigenvalue weighted by atomic mass is 9.82. The maximum Gasteiger partial charge on any atom is 0.247 e. The van der Waals surface area contributed by atoms with E-state index in [1.807, 2.05) is 70.2 Å². The van der Waals surface area contributed by atoms with Crippen molar-refractivity contribution in [3.63, 3.8) is 0 Å². The van der Waals surface area contributed by atoms with E-state index in [1.54, 1.807) is 5.48 Å². The van der Waals surface area contributed by atoms with Gasteiger partial charge in [-0.3, -0.25) is 20.2 Å². The molecular weight excluding hydrogens is 342 g/mol. The molecule has 0 heterocycles. The Labute approximate surface area is 162 Å². The highest BCUT2D eigenvalue weighted by atomic mass is 16.5. The predicted molar refractivity (Wildman–Crippen MR) is 107 cm³/mol. The quantitative estimate of drug-likeness (QED) is 0.353. The number of nitrogens with one attached hydrogen (secondary N) is 3. The van der Waals surface area contributed by atoms with Gasteiger partial charge in [0.15, 0.2) is 0 Å². The lowest BCUT2D eigenvalue weighted by Crippen LogP contribution is -2.47. The lowest BCUT2D eigenvalue weighted by Gasteiger charge is -2.25. The molecule has 2 amide bonds. The van der Waals surface area contributed by atoms with Crippen molar-refractivity contribution < 1.29 is 14.8 Å². The van der Waals surface area contributed by atoms with Gasteiger partial charge >= 0.3 is 0 Å². The largest absolute Gasteiger partial charge is 0.291 e. The van der Waals surface area contributed by atoms with Crippen LogP contribution in [0.1, 0.15) is 46.1 Å². The van der Waals surface area contributed by atoms with Crippen molar-refractivity contribution in [3.05, 3.63) is 42.0 Å². The predicted octanol–water partition coefficient (Wildman–Crippen LogP) is 3.15. The first-order chi connectivity index (χ1) is 12.8. The van der Waals surface area contributed by atoms with Crippen molar-refractivity contribution in [1.82, 2.24) is 16.3 Å². The minimum Gasteiger partial charge on any atom is -0.291 e. The van der Waals surface area contributed by atoms with Crippen LogP contribution in [0.15, 0.2) is 36.4 Å². The number of hydrogen-bond donors (Lipinski definition) is 4. The first-order valence-corrected chi connectivity index (χ1v) is 9.53. The molecule has 0 radical (unpaired) electrons. The van der Waals surface area contributed by atoms with Crippen molar-refractivity contribution in [3.8, 4) is 0 Å². The maximum absolute atomic E-state index is 12.7. The average Bonchev–Trinajstić information content (AvgIpc) is 2.63. The van der Waals surface area contributed by atoms with Crippen molar-refractivity contribution in [2.75, 3.05) is 6.54 Å². The number of benzene rings is 1. The van der Waals surface area contributed by atoms with Gasteiger partial charge in [-0.25, -0.2) is 10.9 Å². The van der Waals surface area contributed by atoms with Gasteiger partial charge in [0, 0.05) is 6.54 Å². The van der Waals surface area contributed by atoms with E-state index in [-0.39, 0.29) is 11.8 Å². The molecule has 1 rings (SSSR count). The third kappa shape index (κ3) is 8.84. The molecule has 2 atom stereocenters. The van der Waals surface area contributed by atoms with Gasteiger partial charge in [-0.15, -0.1) is 0 Å². The number of carbonyl (C=O) groups excluding carboxylic acids is 2. The highest BCUT2D eigenvalue weighted by Gasteiger charge is 2.33. The molecule has 6 nitrogen and oxygen atoms in total. The van der Waals surface area contributed by atoms with E-state index in [4.69, 9.17) is 5.21 Å². The second-order valence-electron chi connectivity index (χ2n) is 7.63. The van der Waals surface area contributed by atoms with Crippen LogP contribution >= 0.6 is 0 Å². The van der Waals surface area contributed by atoms with Gasteiger partial charge in [0.2, 0.25) is 11.8 Å². The first kappa shape index (κ1) is 22.9. The molecule has 0 aliphatic rings. The molecule has 0 saturated carbocycles. The normalized spacial score (nSPS) is 13.7. The van der Waals surface area contributed by atoms with Crippen LogP contribution in [0.2, 0.25) is 0 Å². The standard InChI is InChI=1S/C21H33N3O3/c1-15(2)13-19(20(25)23-22-14-16(3)4)18(21(26)24-27)12-8-11-17-9-6-5-7-10-17/h5-11,15-16,18-19,22,27H,12-14H2,1-4H3,(H,23,25)(H,24,26)/t18-,19+/m0/s1. The molecule has 0 aliphatic carbocycles. The summed E-state index contributed by atoms with van der Waals surface area (Å²) < 4.78 is 0. The Morgan fingerprint density at radius 2 is 1.67 bits per heavy atom. The lowest BCUT2D eigenvalue weighted by molar-refractivity contribution is -0.141. The molecule has 27 heavy (non-hydrogen) atoms. The fourth-order valence-electron chi connectivity index (χ4n) is 2.85. The zero-order valence-corrected chi connectivity index (χ0v) is 16.7. The highest BCUT2D eigenvalue weighted by Crippen LogP contribution is 2.25. The second-order valence-corrected chi connectivity index (χ2v) is 7.63. The van der Waals surface area contributed by atoms with E-state index in [1.165, 1.54) is 0 Å². The van der Waals surface area contributed by atoms with Gasteiger partial charge < -0.3 is 0 Å². The number of hydrogen-bond acceptors (Lipinski definition) is 4. The van der Waals surface area contributed by atoms with Crippen molar-refractivity contribution >= 4 is 17.9 Å². The topological polar surface area (TPSA) is 90.5 Å². The Morgan fingerprint density at radius 1 is 1.00 bits per heavy atom. The zero-order chi connectivity index (χ0) is 20.2. The summed E-state index contributed by atoms with van der Waals surface area (Å²) >= 11 is 0. The Hall–Kier alpha value is -2.18. The van der Waals surface area contributed by atoms with Crippen LogP contribution in [0.4, 0.5) is 0 Å². The molecule has 6 heteroatoms. The number of carbonyl (C=O) groups is 2. The molecule has 1 aromatic rings.